The smallest absolute Gasteiger partial charge is 0.248 e. The first kappa shape index (κ1) is 21.9. The monoisotopic (exact) mass is 513 g/mol. The highest BCUT2D eigenvalue weighted by molar-refractivity contribution is 14.1. The third kappa shape index (κ3) is 5.86. The van der Waals surface area contributed by atoms with Crippen molar-refractivity contribution in [3.05, 3.63) is 92.6 Å². The maximum Gasteiger partial charge on any atom is 0.248 e. The van der Waals surface area contributed by atoms with E-state index in [0.29, 0.717) is 18.1 Å². The Hall–Kier alpha value is -2.80. The van der Waals surface area contributed by atoms with E-state index in [-0.39, 0.29) is 5.91 Å². The Kier molecular flexibility index (Phi) is 7.52. The molecule has 0 spiro atoms. The number of methoxy groups -OCH3 is 1. The summed E-state index contributed by atoms with van der Waals surface area (Å²) in [5.74, 6) is 1.11. The number of halogens is 1. The number of hydrogen-bond acceptors (Lipinski definition) is 3. The first-order valence-electron chi connectivity index (χ1n) is 9.57. The number of aryl methyl sites for hydroxylation is 2. The molecule has 0 heterocycles. The summed E-state index contributed by atoms with van der Waals surface area (Å²) in [5, 5.41) is 2.91. The molecule has 0 aliphatic heterocycles. The second-order valence-electron chi connectivity index (χ2n) is 6.91. The van der Waals surface area contributed by atoms with Gasteiger partial charge in [-0.2, -0.15) is 0 Å². The molecule has 3 aromatic rings. The van der Waals surface area contributed by atoms with Crippen LogP contribution in [0.1, 0.15) is 22.3 Å². The van der Waals surface area contributed by atoms with E-state index in [0.717, 1.165) is 25.9 Å². The van der Waals surface area contributed by atoms with Crippen molar-refractivity contribution in [1.82, 2.24) is 0 Å². The number of hydrogen-bond donors (Lipinski definition) is 1. The minimum atomic E-state index is -0.182. The number of carbonyl (C=O) groups excluding carboxylic acids is 1. The number of anilines is 1. The van der Waals surface area contributed by atoms with Gasteiger partial charge in [-0.05, 0) is 95.1 Å². The van der Waals surface area contributed by atoms with Gasteiger partial charge in [-0.3, -0.25) is 4.79 Å². The van der Waals surface area contributed by atoms with Gasteiger partial charge in [0.25, 0.3) is 0 Å². The molecular weight excluding hydrogens is 489 g/mol. The predicted molar refractivity (Wildman–Crippen MR) is 130 cm³/mol. The number of amides is 1. The van der Waals surface area contributed by atoms with Crippen LogP contribution >= 0.6 is 22.6 Å². The molecule has 4 nitrogen and oxygen atoms in total. The summed E-state index contributed by atoms with van der Waals surface area (Å²) < 4.78 is 12.6. The number of carbonyl (C=O) groups is 1. The Balaban J connectivity index is 1.66. The van der Waals surface area contributed by atoms with Crippen LogP contribution in [0.5, 0.6) is 11.5 Å². The van der Waals surface area contributed by atoms with Crippen LogP contribution in [0.2, 0.25) is 0 Å². The average Bonchev–Trinajstić information content (AvgIpc) is 2.74. The van der Waals surface area contributed by atoms with E-state index < -0.39 is 0 Å². The molecule has 0 atom stereocenters. The topological polar surface area (TPSA) is 47.6 Å². The van der Waals surface area contributed by atoms with E-state index in [2.05, 4.69) is 40.9 Å². The molecule has 0 saturated heterocycles. The Morgan fingerprint density at radius 1 is 1.00 bits per heavy atom. The lowest BCUT2D eigenvalue weighted by molar-refractivity contribution is -0.111. The van der Waals surface area contributed by atoms with Gasteiger partial charge < -0.3 is 14.8 Å². The largest absolute Gasteiger partial charge is 0.493 e. The minimum absolute atomic E-state index is 0.182. The molecule has 0 unspecified atom stereocenters. The third-order valence-corrected chi connectivity index (χ3v) is 5.38. The number of benzene rings is 3. The zero-order valence-electron chi connectivity index (χ0n) is 17.2. The molecule has 0 bridgehead atoms. The van der Waals surface area contributed by atoms with Crippen molar-refractivity contribution in [1.29, 1.82) is 0 Å². The summed E-state index contributed by atoms with van der Waals surface area (Å²) in [6, 6.07) is 19.6. The molecule has 3 aromatic carbocycles. The summed E-state index contributed by atoms with van der Waals surface area (Å²) in [4.78, 5) is 12.3. The Morgan fingerprint density at radius 3 is 2.53 bits per heavy atom. The molecule has 5 heteroatoms. The van der Waals surface area contributed by atoms with Crippen molar-refractivity contribution in [3.8, 4) is 11.5 Å². The summed E-state index contributed by atoms with van der Waals surface area (Å²) in [7, 11) is 1.61. The van der Waals surface area contributed by atoms with Gasteiger partial charge in [-0.1, -0.05) is 30.3 Å². The molecule has 0 aliphatic carbocycles. The van der Waals surface area contributed by atoms with E-state index >= 15 is 0 Å². The Morgan fingerprint density at radius 2 is 1.80 bits per heavy atom. The molecule has 30 heavy (non-hydrogen) atoms. The first-order valence-corrected chi connectivity index (χ1v) is 10.6. The highest BCUT2D eigenvalue weighted by Crippen LogP contribution is 2.29. The van der Waals surface area contributed by atoms with E-state index in [9.17, 15) is 4.79 Å². The van der Waals surface area contributed by atoms with Crippen molar-refractivity contribution >= 4 is 40.3 Å². The second-order valence-corrected chi connectivity index (χ2v) is 8.15. The van der Waals surface area contributed by atoms with Gasteiger partial charge in [-0.25, -0.2) is 0 Å². The fourth-order valence-corrected chi connectivity index (χ4v) is 3.60. The van der Waals surface area contributed by atoms with Gasteiger partial charge >= 0.3 is 0 Å². The van der Waals surface area contributed by atoms with E-state index in [1.54, 1.807) is 13.2 Å². The maximum atomic E-state index is 12.3. The Bertz CT molecular complexity index is 1080. The van der Waals surface area contributed by atoms with Gasteiger partial charge in [0.15, 0.2) is 11.5 Å². The molecule has 0 saturated carbocycles. The van der Waals surface area contributed by atoms with Crippen molar-refractivity contribution in [2.24, 2.45) is 0 Å². The minimum Gasteiger partial charge on any atom is -0.493 e. The highest BCUT2D eigenvalue weighted by atomic mass is 127. The predicted octanol–water partition coefficient (Wildman–Crippen LogP) is 6.15. The van der Waals surface area contributed by atoms with Crippen LogP contribution in [0.25, 0.3) is 6.08 Å². The van der Waals surface area contributed by atoms with E-state index in [1.165, 1.54) is 11.6 Å². The standard InChI is InChI=1S/C25H24INO3/c1-17-6-4-5-7-20(17)16-30-23-12-8-19(15-24(23)29-3)9-13-25(28)27-22-11-10-21(26)14-18(22)2/h4-15H,16H2,1-3H3,(H,27,28)/b13-9+. The molecule has 154 valence electrons. The lowest BCUT2D eigenvalue weighted by atomic mass is 10.1. The SMILES string of the molecule is COc1cc(/C=C/C(=O)Nc2ccc(I)cc2C)ccc1OCc1ccccc1C. The average molecular weight is 513 g/mol. The van der Waals surface area contributed by atoms with Crippen LogP contribution in [0.4, 0.5) is 5.69 Å². The fraction of sp³-hybridized carbons (Fsp3) is 0.160. The third-order valence-electron chi connectivity index (χ3n) is 4.71. The van der Waals surface area contributed by atoms with Crippen LogP contribution in [-0.4, -0.2) is 13.0 Å². The van der Waals surface area contributed by atoms with E-state index in [1.807, 2.05) is 61.5 Å². The summed E-state index contributed by atoms with van der Waals surface area (Å²) in [5.41, 5.74) is 5.00. The molecule has 0 aliphatic rings. The van der Waals surface area contributed by atoms with Crippen molar-refractivity contribution < 1.29 is 14.3 Å². The summed E-state index contributed by atoms with van der Waals surface area (Å²) in [6.45, 7) is 4.50. The molecule has 1 amide bonds. The van der Waals surface area contributed by atoms with Gasteiger partial charge in [0.1, 0.15) is 6.61 Å². The second kappa shape index (κ2) is 10.3. The van der Waals surface area contributed by atoms with E-state index in [4.69, 9.17) is 9.47 Å². The van der Waals surface area contributed by atoms with Gasteiger partial charge in [0.2, 0.25) is 5.91 Å². The molecule has 1 N–H and O–H groups in total. The van der Waals surface area contributed by atoms with Crippen LogP contribution in [-0.2, 0) is 11.4 Å². The summed E-state index contributed by atoms with van der Waals surface area (Å²) >= 11 is 2.25. The molecule has 3 rings (SSSR count). The summed E-state index contributed by atoms with van der Waals surface area (Å²) in [6.07, 6.45) is 3.27. The number of ether oxygens (including phenoxy) is 2. The lowest BCUT2D eigenvalue weighted by Gasteiger charge is -2.12. The molecule has 0 radical (unpaired) electrons. The van der Waals surface area contributed by atoms with Gasteiger partial charge in [0, 0.05) is 15.3 Å². The number of rotatable bonds is 7. The Labute approximate surface area is 191 Å². The molecular formula is C25H24INO3. The van der Waals surface area contributed by atoms with Crippen LogP contribution < -0.4 is 14.8 Å². The maximum absolute atomic E-state index is 12.3. The zero-order valence-corrected chi connectivity index (χ0v) is 19.4. The normalized spacial score (nSPS) is 10.8. The zero-order chi connectivity index (χ0) is 21.5. The lowest BCUT2D eigenvalue weighted by Crippen LogP contribution is -2.08. The van der Waals surface area contributed by atoms with Crippen molar-refractivity contribution in [2.75, 3.05) is 12.4 Å². The fourth-order valence-electron chi connectivity index (χ4n) is 2.95. The highest BCUT2D eigenvalue weighted by Gasteiger charge is 2.07. The van der Waals surface area contributed by atoms with Crippen molar-refractivity contribution in [3.63, 3.8) is 0 Å². The van der Waals surface area contributed by atoms with Gasteiger partial charge in [-0.15, -0.1) is 0 Å². The van der Waals surface area contributed by atoms with Crippen LogP contribution in [0, 0.1) is 17.4 Å². The quantitative estimate of drug-likeness (QED) is 0.305. The number of nitrogens with one attached hydrogen (secondary N) is 1. The molecule has 0 aromatic heterocycles. The molecule has 0 fully saturated rings. The van der Waals surface area contributed by atoms with Crippen LogP contribution in [0.3, 0.4) is 0 Å². The van der Waals surface area contributed by atoms with Crippen LogP contribution in [0.15, 0.2) is 66.7 Å². The van der Waals surface area contributed by atoms with Crippen molar-refractivity contribution in [2.45, 2.75) is 20.5 Å². The van der Waals surface area contributed by atoms with Gasteiger partial charge in [0.05, 0.1) is 7.11 Å². The first-order chi connectivity index (χ1) is 14.5.